The summed E-state index contributed by atoms with van der Waals surface area (Å²) in [6.07, 6.45) is 2.61. The number of benzene rings is 2. The second-order valence-corrected chi connectivity index (χ2v) is 8.86. The maximum Gasteiger partial charge on any atom is 0.340 e. The van der Waals surface area contributed by atoms with Gasteiger partial charge in [-0.1, -0.05) is 6.07 Å². The van der Waals surface area contributed by atoms with Crippen molar-refractivity contribution in [2.24, 2.45) is 0 Å². The van der Waals surface area contributed by atoms with E-state index >= 15 is 0 Å². The van der Waals surface area contributed by atoms with Gasteiger partial charge in [-0.2, -0.15) is 0 Å². The molecule has 3 aromatic rings. The van der Waals surface area contributed by atoms with Gasteiger partial charge >= 0.3 is 5.97 Å². The average Bonchev–Trinajstić information content (AvgIpc) is 3.31. The molecule has 0 aliphatic carbocycles. The van der Waals surface area contributed by atoms with Crippen molar-refractivity contribution in [1.82, 2.24) is 10.3 Å². The fourth-order valence-electron chi connectivity index (χ4n) is 4.19. The van der Waals surface area contributed by atoms with E-state index in [1.54, 1.807) is 24.8 Å². The molecule has 1 aromatic heterocycles. The van der Waals surface area contributed by atoms with E-state index < -0.39 is 17.3 Å². The van der Waals surface area contributed by atoms with Gasteiger partial charge in [-0.05, 0) is 54.3 Å². The molecule has 1 aliphatic heterocycles. The van der Waals surface area contributed by atoms with Crippen LogP contribution in [0.2, 0.25) is 0 Å². The van der Waals surface area contributed by atoms with Crippen molar-refractivity contribution < 1.29 is 23.5 Å². The first kappa shape index (κ1) is 22.9. The second kappa shape index (κ2) is 9.29. The van der Waals surface area contributed by atoms with E-state index in [9.17, 15) is 14.0 Å². The third kappa shape index (κ3) is 4.60. The quantitative estimate of drug-likeness (QED) is 0.528. The van der Waals surface area contributed by atoms with Gasteiger partial charge in [0, 0.05) is 35.6 Å². The van der Waals surface area contributed by atoms with Crippen LogP contribution in [0.3, 0.4) is 0 Å². The van der Waals surface area contributed by atoms with Crippen LogP contribution in [0, 0.1) is 5.82 Å². The van der Waals surface area contributed by atoms with Gasteiger partial charge in [0.05, 0.1) is 19.8 Å². The van der Waals surface area contributed by atoms with Crippen molar-refractivity contribution in [3.63, 3.8) is 0 Å². The van der Waals surface area contributed by atoms with E-state index in [1.807, 2.05) is 19.1 Å². The lowest BCUT2D eigenvalue weighted by molar-refractivity contribution is -0.117. The molecule has 0 bridgehead atoms. The van der Waals surface area contributed by atoms with Gasteiger partial charge in [-0.25, -0.2) is 14.2 Å². The van der Waals surface area contributed by atoms with Crippen LogP contribution in [-0.2, 0) is 21.5 Å². The van der Waals surface area contributed by atoms with Crippen LogP contribution >= 0.6 is 11.3 Å². The summed E-state index contributed by atoms with van der Waals surface area (Å²) in [6.45, 7) is 2.69. The van der Waals surface area contributed by atoms with Gasteiger partial charge < -0.3 is 20.1 Å². The van der Waals surface area contributed by atoms with Crippen molar-refractivity contribution in [2.75, 3.05) is 26.1 Å². The zero-order valence-corrected chi connectivity index (χ0v) is 19.3. The number of nitrogens with one attached hydrogen (secondary N) is 2. The minimum absolute atomic E-state index is 0.153. The lowest BCUT2D eigenvalue weighted by Crippen LogP contribution is -2.47. The average molecular weight is 470 g/mol. The summed E-state index contributed by atoms with van der Waals surface area (Å²) in [6, 6.07) is 8.18. The first-order valence-corrected chi connectivity index (χ1v) is 11.3. The monoisotopic (exact) mass is 469 g/mol. The van der Waals surface area contributed by atoms with Gasteiger partial charge in [-0.15, -0.1) is 11.3 Å². The lowest BCUT2D eigenvalue weighted by atomic mass is 9.79. The number of nitrogens with zero attached hydrogens (tertiary/aromatic N) is 1. The molecule has 1 aliphatic rings. The van der Waals surface area contributed by atoms with Gasteiger partial charge in [0.25, 0.3) is 0 Å². The number of anilines is 1. The zero-order chi connectivity index (χ0) is 23.6. The maximum absolute atomic E-state index is 14.2. The summed E-state index contributed by atoms with van der Waals surface area (Å²) in [5.41, 5.74) is 2.52. The summed E-state index contributed by atoms with van der Waals surface area (Å²) >= 11 is 1.36. The molecule has 2 aromatic carbocycles. The normalized spacial score (nSPS) is 17.2. The van der Waals surface area contributed by atoms with Crippen LogP contribution in [0.4, 0.5) is 9.52 Å². The van der Waals surface area contributed by atoms with E-state index in [2.05, 4.69) is 15.6 Å². The zero-order valence-electron chi connectivity index (χ0n) is 18.5. The molecule has 1 atom stereocenters. The van der Waals surface area contributed by atoms with Crippen LogP contribution in [0.25, 0.3) is 11.1 Å². The number of ether oxygens (including phenoxy) is 2. The van der Waals surface area contributed by atoms with Gasteiger partial charge in [0.1, 0.15) is 11.6 Å². The third-order valence-electron chi connectivity index (χ3n) is 5.80. The van der Waals surface area contributed by atoms with Crippen LogP contribution < -0.4 is 15.4 Å². The number of aromatic nitrogens is 1. The fraction of sp³-hybridized carbons (Fsp3) is 0.292. The fourth-order valence-corrected chi connectivity index (χ4v) is 4.74. The van der Waals surface area contributed by atoms with Crippen LogP contribution in [-0.4, -0.2) is 37.6 Å². The molecule has 0 saturated carbocycles. The van der Waals surface area contributed by atoms with Gasteiger partial charge in [0.15, 0.2) is 5.13 Å². The number of hydrogen-bond acceptors (Lipinski definition) is 7. The summed E-state index contributed by atoms with van der Waals surface area (Å²) in [5, 5.41) is 8.66. The minimum atomic E-state index is -0.753. The second-order valence-electron chi connectivity index (χ2n) is 7.97. The Morgan fingerprint density at radius 1 is 1.27 bits per heavy atom. The number of rotatable bonds is 6. The molecule has 0 saturated heterocycles. The highest BCUT2D eigenvalue weighted by atomic mass is 32.1. The predicted octanol–water partition coefficient (Wildman–Crippen LogP) is 4.13. The Labute approximate surface area is 194 Å². The molecule has 0 spiro atoms. The van der Waals surface area contributed by atoms with Crippen molar-refractivity contribution >= 4 is 28.3 Å². The number of carbonyl (C=O) groups is 2. The number of carbonyl (C=O) groups excluding carboxylic acids is 2. The first-order valence-electron chi connectivity index (χ1n) is 10.4. The Balaban J connectivity index is 1.74. The molecule has 33 heavy (non-hydrogen) atoms. The first-order chi connectivity index (χ1) is 15.8. The standard InChI is InChI=1S/C24H24FN3O4S/c1-24(13-21(29)28-23-26-8-9-33-23)18-12-16(20(31-2)11-15(18)6-7-27-24)14-4-5-19(25)17(10-14)22(30)32-3/h4-5,8-12,27H,6-7,13H2,1-3H3,(H,26,28,29)/t24-/m1/s1. The molecule has 2 heterocycles. The molecule has 0 radical (unpaired) electrons. The smallest absolute Gasteiger partial charge is 0.340 e. The number of halogens is 1. The van der Waals surface area contributed by atoms with Crippen LogP contribution in [0.15, 0.2) is 41.9 Å². The van der Waals surface area contributed by atoms with Crippen molar-refractivity contribution in [3.8, 4) is 16.9 Å². The molecule has 7 nitrogen and oxygen atoms in total. The van der Waals surface area contributed by atoms with Gasteiger partial charge in [0.2, 0.25) is 5.91 Å². The molecular formula is C24H24FN3O4S. The summed E-state index contributed by atoms with van der Waals surface area (Å²) in [5.74, 6) is -0.961. The van der Waals surface area contributed by atoms with Crippen molar-refractivity contribution in [1.29, 1.82) is 0 Å². The predicted molar refractivity (Wildman–Crippen MR) is 124 cm³/mol. The number of amides is 1. The maximum atomic E-state index is 14.2. The minimum Gasteiger partial charge on any atom is -0.496 e. The van der Waals surface area contributed by atoms with Crippen LogP contribution in [0.1, 0.15) is 34.8 Å². The van der Waals surface area contributed by atoms with Crippen molar-refractivity contribution in [3.05, 3.63) is 64.4 Å². The molecular weight excluding hydrogens is 445 g/mol. The van der Waals surface area contributed by atoms with E-state index in [4.69, 9.17) is 9.47 Å². The molecule has 9 heteroatoms. The highest BCUT2D eigenvalue weighted by Crippen LogP contribution is 2.40. The van der Waals surface area contributed by atoms with Crippen LogP contribution in [0.5, 0.6) is 5.75 Å². The molecule has 0 unspecified atom stereocenters. The molecule has 0 fully saturated rings. The number of fused-ring (bicyclic) bond motifs is 1. The number of esters is 1. The topological polar surface area (TPSA) is 89.5 Å². The largest absolute Gasteiger partial charge is 0.496 e. The molecule has 4 rings (SSSR count). The Bertz CT molecular complexity index is 1200. The highest BCUT2D eigenvalue weighted by molar-refractivity contribution is 7.13. The SMILES string of the molecule is COC(=O)c1cc(-c2cc3c(cc2OC)CCN[C@]3(C)CC(=O)Nc2nccs2)ccc1F. The Kier molecular flexibility index (Phi) is 6.44. The van der Waals surface area contributed by atoms with E-state index in [1.165, 1.54) is 30.6 Å². The van der Waals surface area contributed by atoms with Gasteiger partial charge in [-0.3, -0.25) is 4.79 Å². The Hall–Kier alpha value is -3.30. The highest BCUT2D eigenvalue weighted by Gasteiger charge is 2.35. The van der Waals surface area contributed by atoms with E-state index in [0.717, 1.165) is 17.5 Å². The van der Waals surface area contributed by atoms with Crippen molar-refractivity contribution in [2.45, 2.75) is 25.3 Å². The number of hydrogen-bond donors (Lipinski definition) is 2. The summed E-state index contributed by atoms with van der Waals surface area (Å²) in [7, 11) is 2.78. The Morgan fingerprint density at radius 3 is 2.79 bits per heavy atom. The van der Waals surface area contributed by atoms with E-state index in [0.29, 0.717) is 28.6 Å². The molecule has 2 N–H and O–H groups in total. The summed E-state index contributed by atoms with van der Waals surface area (Å²) < 4.78 is 24.5. The summed E-state index contributed by atoms with van der Waals surface area (Å²) in [4.78, 5) is 28.9. The lowest BCUT2D eigenvalue weighted by Gasteiger charge is -2.37. The Morgan fingerprint density at radius 2 is 2.09 bits per heavy atom. The molecule has 172 valence electrons. The number of methoxy groups -OCH3 is 2. The third-order valence-corrected chi connectivity index (χ3v) is 6.49. The van der Waals surface area contributed by atoms with E-state index in [-0.39, 0.29) is 17.9 Å². The molecule has 1 amide bonds. The number of thiazole rings is 1.